The summed E-state index contributed by atoms with van der Waals surface area (Å²) >= 11 is 0. The Morgan fingerprint density at radius 3 is 2.44 bits per heavy atom. The van der Waals surface area contributed by atoms with Gasteiger partial charge in [0.25, 0.3) is 0 Å². The second-order valence-corrected chi connectivity index (χ2v) is 13.8. The van der Waals surface area contributed by atoms with Crippen LogP contribution in [0.4, 0.5) is 0 Å². The quantitative estimate of drug-likeness (QED) is 0.643. The number of Topliss-reactive ketones (excluding diaryl/α,β-unsaturated/α-hetero) is 1. The Bertz CT molecular complexity index is 725. The summed E-state index contributed by atoms with van der Waals surface area (Å²) in [5, 5.41) is 1.27. The van der Waals surface area contributed by atoms with Crippen LogP contribution < -0.4 is 0 Å². The van der Waals surface area contributed by atoms with E-state index in [1.54, 1.807) is 0 Å². The van der Waals surface area contributed by atoms with Gasteiger partial charge in [-0.3, -0.25) is 4.79 Å². The summed E-state index contributed by atoms with van der Waals surface area (Å²) in [6, 6.07) is 8.24. The Balaban J connectivity index is 2.30. The van der Waals surface area contributed by atoms with Crippen molar-refractivity contribution in [3.8, 4) is 0 Å². The van der Waals surface area contributed by atoms with Crippen LogP contribution in [0.25, 0.3) is 10.9 Å². The molecule has 1 aromatic heterocycles. The largest absolute Gasteiger partial charge is 0.407 e. The Morgan fingerprint density at radius 2 is 1.84 bits per heavy atom. The van der Waals surface area contributed by atoms with Crippen molar-refractivity contribution >= 4 is 25.0 Å². The van der Waals surface area contributed by atoms with E-state index in [1.807, 2.05) is 18.3 Å². The molecule has 0 fully saturated rings. The average molecular weight is 360 g/mol. The van der Waals surface area contributed by atoms with E-state index < -0.39 is 8.32 Å². The molecule has 1 N–H and O–H groups in total. The zero-order valence-electron chi connectivity index (χ0n) is 16.8. The number of para-hydroxylation sites is 1. The van der Waals surface area contributed by atoms with Crippen LogP contribution in [0.3, 0.4) is 0 Å². The molecule has 0 aliphatic rings. The molecule has 0 aliphatic carbocycles. The van der Waals surface area contributed by atoms with Crippen LogP contribution in [0.5, 0.6) is 0 Å². The minimum atomic E-state index is -2.01. The normalized spacial score (nSPS) is 14.2. The summed E-state index contributed by atoms with van der Waals surface area (Å²) in [7, 11) is -2.01. The minimum Gasteiger partial charge on any atom is -0.407 e. The van der Waals surface area contributed by atoms with Crippen molar-refractivity contribution in [1.82, 2.24) is 4.98 Å². The number of aromatic nitrogens is 1. The van der Waals surface area contributed by atoms with Crippen LogP contribution in [-0.4, -0.2) is 25.2 Å². The van der Waals surface area contributed by atoms with E-state index in [2.05, 4.69) is 64.8 Å². The fourth-order valence-corrected chi connectivity index (χ4v) is 4.07. The molecule has 2 aromatic rings. The molecule has 0 spiro atoms. The van der Waals surface area contributed by atoms with Gasteiger partial charge < -0.3 is 9.41 Å². The number of fused-ring (bicyclic) bond motifs is 1. The lowest BCUT2D eigenvalue weighted by atomic mass is 9.98. The third-order valence-corrected chi connectivity index (χ3v) is 9.78. The number of ketones is 1. The molecule has 0 bridgehead atoms. The van der Waals surface area contributed by atoms with Crippen molar-refractivity contribution in [3.05, 3.63) is 36.0 Å². The average Bonchev–Trinajstić information content (AvgIpc) is 2.88. The summed E-state index contributed by atoms with van der Waals surface area (Å²) in [5.41, 5.74) is 2.27. The van der Waals surface area contributed by atoms with Crippen LogP contribution in [0, 0.1) is 5.92 Å². The molecule has 0 unspecified atom stereocenters. The van der Waals surface area contributed by atoms with Crippen LogP contribution in [0.15, 0.2) is 30.5 Å². The lowest BCUT2D eigenvalue weighted by Gasteiger charge is -2.39. The molecule has 25 heavy (non-hydrogen) atoms. The molecule has 3 nitrogen and oxygen atoms in total. The van der Waals surface area contributed by atoms with Crippen LogP contribution in [0.2, 0.25) is 18.1 Å². The Hall–Kier alpha value is -1.39. The van der Waals surface area contributed by atoms with Crippen LogP contribution in [-0.2, 0) is 15.6 Å². The highest BCUT2D eigenvalue weighted by atomic mass is 28.4. The third-order valence-electron chi connectivity index (χ3n) is 5.29. The molecule has 0 saturated carbocycles. The fourth-order valence-electron chi connectivity index (χ4n) is 2.79. The van der Waals surface area contributed by atoms with E-state index in [4.69, 9.17) is 4.43 Å². The number of benzene rings is 1. The molecule has 0 saturated heterocycles. The number of carbonyl (C=O) groups is 1. The van der Waals surface area contributed by atoms with Gasteiger partial charge in [-0.15, -0.1) is 0 Å². The molecule has 0 radical (unpaired) electrons. The SMILES string of the molecule is CC(C)CC(=O)[C@H](Cc1c[nH]c2ccccc12)O[Si](C)(C)C(C)(C)C. The highest BCUT2D eigenvalue weighted by Crippen LogP contribution is 2.38. The summed E-state index contributed by atoms with van der Waals surface area (Å²) in [4.78, 5) is 16.2. The number of hydrogen-bond donors (Lipinski definition) is 1. The predicted octanol–water partition coefficient (Wildman–Crippen LogP) is 5.72. The lowest BCUT2D eigenvalue weighted by molar-refractivity contribution is -0.127. The number of hydrogen-bond acceptors (Lipinski definition) is 2. The minimum absolute atomic E-state index is 0.0869. The molecule has 0 amide bonds. The number of carbonyl (C=O) groups excluding carboxylic acids is 1. The summed E-state index contributed by atoms with van der Waals surface area (Å²) < 4.78 is 6.56. The van der Waals surface area contributed by atoms with E-state index in [1.165, 1.54) is 5.39 Å². The number of rotatable bonds is 7. The number of H-pyrrole nitrogens is 1. The van der Waals surface area contributed by atoms with Crippen molar-refractivity contribution < 1.29 is 9.22 Å². The molecule has 1 atom stereocenters. The topological polar surface area (TPSA) is 42.1 Å². The van der Waals surface area contributed by atoms with Crippen molar-refractivity contribution in [1.29, 1.82) is 0 Å². The Morgan fingerprint density at radius 1 is 1.20 bits per heavy atom. The summed E-state index contributed by atoms with van der Waals surface area (Å²) in [6.07, 6.45) is 2.88. The highest BCUT2D eigenvalue weighted by Gasteiger charge is 2.40. The molecule has 2 rings (SSSR count). The molecule has 1 aromatic carbocycles. The van der Waals surface area contributed by atoms with Gasteiger partial charge in [0.15, 0.2) is 14.1 Å². The van der Waals surface area contributed by atoms with Gasteiger partial charge in [-0.2, -0.15) is 0 Å². The first-order valence-corrected chi connectivity index (χ1v) is 12.2. The molecular formula is C21H33NO2Si. The van der Waals surface area contributed by atoms with Gasteiger partial charge >= 0.3 is 0 Å². The van der Waals surface area contributed by atoms with E-state index in [-0.39, 0.29) is 16.9 Å². The first-order valence-electron chi connectivity index (χ1n) is 9.27. The number of aromatic amines is 1. The smallest absolute Gasteiger partial charge is 0.193 e. The number of nitrogens with one attached hydrogen (secondary N) is 1. The van der Waals surface area contributed by atoms with Crippen molar-refractivity contribution in [2.24, 2.45) is 5.92 Å². The highest BCUT2D eigenvalue weighted by molar-refractivity contribution is 6.74. The van der Waals surface area contributed by atoms with Crippen LogP contribution >= 0.6 is 0 Å². The van der Waals surface area contributed by atoms with E-state index >= 15 is 0 Å². The zero-order valence-corrected chi connectivity index (χ0v) is 17.8. The molecule has 138 valence electrons. The van der Waals surface area contributed by atoms with Crippen molar-refractivity contribution in [2.75, 3.05) is 0 Å². The second kappa shape index (κ2) is 7.46. The molecular weight excluding hydrogens is 326 g/mol. The van der Waals surface area contributed by atoms with Crippen LogP contribution in [0.1, 0.15) is 46.6 Å². The maximum absolute atomic E-state index is 12.9. The Kier molecular flexibility index (Phi) is 5.95. The van der Waals surface area contributed by atoms with Gasteiger partial charge in [-0.05, 0) is 35.7 Å². The second-order valence-electron chi connectivity index (χ2n) is 8.99. The zero-order chi connectivity index (χ0) is 18.8. The third kappa shape index (κ3) is 4.82. The maximum Gasteiger partial charge on any atom is 0.193 e. The van der Waals surface area contributed by atoms with E-state index in [0.717, 1.165) is 11.1 Å². The molecule has 1 heterocycles. The Labute approximate surface area is 153 Å². The van der Waals surface area contributed by atoms with E-state index in [9.17, 15) is 4.79 Å². The lowest BCUT2D eigenvalue weighted by Crippen LogP contribution is -2.46. The van der Waals surface area contributed by atoms with Gasteiger partial charge in [0, 0.05) is 29.9 Å². The molecule has 4 heteroatoms. The van der Waals surface area contributed by atoms with Crippen molar-refractivity contribution in [2.45, 2.75) is 71.7 Å². The standard InChI is InChI=1S/C21H33NO2Si/c1-15(2)12-19(23)20(24-25(6,7)21(3,4)5)13-16-14-22-18-11-9-8-10-17(16)18/h8-11,14-15,20,22H,12-13H2,1-7H3/t20-/m0/s1. The van der Waals surface area contributed by atoms with Gasteiger partial charge in [0.05, 0.1) is 0 Å². The van der Waals surface area contributed by atoms with Gasteiger partial charge in [-0.1, -0.05) is 52.8 Å². The summed E-state index contributed by atoms with van der Waals surface area (Å²) in [6.45, 7) is 15.3. The van der Waals surface area contributed by atoms with Gasteiger partial charge in [0.2, 0.25) is 0 Å². The predicted molar refractivity (Wildman–Crippen MR) is 109 cm³/mol. The summed E-state index contributed by atoms with van der Waals surface area (Å²) in [5.74, 6) is 0.575. The fraction of sp³-hybridized carbons (Fsp3) is 0.571. The monoisotopic (exact) mass is 359 g/mol. The van der Waals surface area contributed by atoms with Crippen molar-refractivity contribution in [3.63, 3.8) is 0 Å². The molecule has 0 aliphatic heterocycles. The first-order chi connectivity index (χ1) is 11.5. The maximum atomic E-state index is 12.9. The van der Waals surface area contributed by atoms with Gasteiger partial charge in [0.1, 0.15) is 6.10 Å². The van der Waals surface area contributed by atoms with Gasteiger partial charge in [-0.25, -0.2) is 0 Å². The van der Waals surface area contributed by atoms with E-state index in [0.29, 0.717) is 18.8 Å². The first kappa shape index (κ1) is 19.9.